The van der Waals surface area contributed by atoms with Crippen molar-refractivity contribution in [1.82, 2.24) is 5.32 Å². The first-order valence-corrected chi connectivity index (χ1v) is 30.8. The van der Waals surface area contributed by atoms with Gasteiger partial charge in [0.2, 0.25) is 5.91 Å². The summed E-state index contributed by atoms with van der Waals surface area (Å²) < 4.78 is 5.45. The molecule has 6 nitrogen and oxygen atoms in total. The van der Waals surface area contributed by atoms with E-state index in [1.165, 1.54) is 225 Å². The van der Waals surface area contributed by atoms with Gasteiger partial charge in [0.25, 0.3) is 0 Å². The molecule has 0 radical (unpaired) electrons. The normalized spacial score (nSPS) is 12.8. The summed E-state index contributed by atoms with van der Waals surface area (Å²) in [4.78, 5) is 24.5. The minimum atomic E-state index is -0.852. The van der Waals surface area contributed by atoms with Gasteiger partial charge in [0.05, 0.1) is 25.4 Å². The number of esters is 1. The first-order valence-electron chi connectivity index (χ1n) is 30.8. The fraction of sp³-hybridized carbons (Fsp3) is 0.873. The van der Waals surface area contributed by atoms with E-state index in [-0.39, 0.29) is 18.5 Å². The van der Waals surface area contributed by atoms with Gasteiger partial charge in [-0.1, -0.05) is 288 Å². The second kappa shape index (κ2) is 58.6. The molecule has 0 aromatic carbocycles. The van der Waals surface area contributed by atoms with E-state index in [0.29, 0.717) is 19.4 Å². The molecule has 0 rings (SSSR count). The highest BCUT2D eigenvalue weighted by Gasteiger charge is 2.18. The molecular formula is C63H119NO5. The molecule has 0 spiro atoms. The summed E-state index contributed by atoms with van der Waals surface area (Å²) in [5.41, 5.74) is 0. The maximum atomic E-state index is 12.5. The Morgan fingerprint density at radius 2 is 0.710 bits per heavy atom. The molecule has 0 fully saturated rings. The van der Waals surface area contributed by atoms with Crippen molar-refractivity contribution >= 4 is 11.9 Å². The van der Waals surface area contributed by atoms with Crippen LogP contribution in [0.3, 0.4) is 0 Å². The molecule has 406 valence electrons. The van der Waals surface area contributed by atoms with Crippen molar-refractivity contribution in [1.29, 1.82) is 0 Å². The second-order valence-electron chi connectivity index (χ2n) is 21.1. The number of amides is 1. The number of ether oxygens (including phenoxy) is 1. The van der Waals surface area contributed by atoms with Crippen LogP contribution in [0.4, 0.5) is 0 Å². The van der Waals surface area contributed by atoms with E-state index in [4.69, 9.17) is 4.74 Å². The third kappa shape index (κ3) is 55.2. The van der Waals surface area contributed by atoms with E-state index < -0.39 is 12.1 Å². The summed E-state index contributed by atoms with van der Waals surface area (Å²) in [6.07, 6.45) is 73.2. The Bertz CT molecular complexity index is 1120. The molecular weight excluding hydrogens is 851 g/mol. The highest BCUT2D eigenvalue weighted by Crippen LogP contribution is 2.17. The first kappa shape index (κ1) is 67.1. The average molecular weight is 971 g/mol. The van der Waals surface area contributed by atoms with Gasteiger partial charge in [-0.15, -0.1) is 0 Å². The quantitative estimate of drug-likeness (QED) is 0.0244. The Hall–Kier alpha value is -1.92. The van der Waals surface area contributed by atoms with E-state index in [1.54, 1.807) is 6.08 Å². The smallest absolute Gasteiger partial charge is 0.305 e. The topological polar surface area (TPSA) is 95.9 Å². The van der Waals surface area contributed by atoms with Crippen LogP contribution < -0.4 is 5.32 Å². The van der Waals surface area contributed by atoms with Crippen LogP contribution in [0.15, 0.2) is 36.5 Å². The van der Waals surface area contributed by atoms with E-state index in [1.807, 2.05) is 6.08 Å². The van der Waals surface area contributed by atoms with Crippen LogP contribution in [0.5, 0.6) is 0 Å². The minimum absolute atomic E-state index is 0.0124. The van der Waals surface area contributed by atoms with E-state index in [0.717, 1.165) is 77.0 Å². The molecule has 6 heteroatoms. The zero-order valence-electron chi connectivity index (χ0n) is 46.3. The number of rotatable bonds is 57. The largest absolute Gasteiger partial charge is 0.466 e. The number of unbranched alkanes of at least 4 members (excludes halogenated alkanes) is 43. The molecule has 0 aromatic heterocycles. The van der Waals surface area contributed by atoms with Gasteiger partial charge >= 0.3 is 5.97 Å². The predicted octanol–water partition coefficient (Wildman–Crippen LogP) is 19.2. The summed E-state index contributed by atoms with van der Waals surface area (Å²) in [5.74, 6) is -0.0880. The summed E-state index contributed by atoms with van der Waals surface area (Å²) in [6.45, 7) is 4.88. The van der Waals surface area contributed by atoms with Crippen LogP contribution in [0, 0.1) is 0 Å². The molecule has 1 amide bonds. The van der Waals surface area contributed by atoms with Crippen molar-refractivity contribution in [2.24, 2.45) is 0 Å². The van der Waals surface area contributed by atoms with Gasteiger partial charge in [-0.3, -0.25) is 9.59 Å². The predicted molar refractivity (Wildman–Crippen MR) is 301 cm³/mol. The average Bonchev–Trinajstić information content (AvgIpc) is 3.35. The summed E-state index contributed by atoms with van der Waals surface area (Å²) in [6, 6.07) is -0.636. The fourth-order valence-electron chi connectivity index (χ4n) is 9.45. The monoisotopic (exact) mass is 970 g/mol. The standard InChI is InChI=1S/C63H119NO5/c1-3-5-7-9-11-13-15-17-18-19-20-22-25-28-32-35-39-43-47-51-55-61(66)60(59-65)64-62(67)56-52-48-44-40-36-33-29-26-23-21-24-27-30-34-38-42-46-50-54-58-69-63(68)57-53-49-45-41-37-31-16-14-12-10-8-6-4-2/h27,30,34,38,51,55,60-61,65-66H,3-26,28-29,31-33,35-37,39-50,52-54,56-59H2,1-2H3,(H,64,67)/b30-27-,38-34-,55-51+. The molecule has 0 bridgehead atoms. The van der Waals surface area contributed by atoms with Gasteiger partial charge in [0.1, 0.15) is 0 Å². The van der Waals surface area contributed by atoms with Crippen molar-refractivity contribution in [2.75, 3.05) is 13.2 Å². The number of hydrogen-bond donors (Lipinski definition) is 3. The van der Waals surface area contributed by atoms with Gasteiger partial charge < -0.3 is 20.3 Å². The molecule has 2 unspecified atom stereocenters. The van der Waals surface area contributed by atoms with Crippen molar-refractivity contribution in [3.05, 3.63) is 36.5 Å². The van der Waals surface area contributed by atoms with Crippen molar-refractivity contribution < 1.29 is 24.5 Å². The van der Waals surface area contributed by atoms with Gasteiger partial charge in [0.15, 0.2) is 0 Å². The lowest BCUT2D eigenvalue weighted by Gasteiger charge is -2.20. The number of nitrogens with one attached hydrogen (secondary N) is 1. The minimum Gasteiger partial charge on any atom is -0.466 e. The molecule has 0 aromatic rings. The summed E-state index contributed by atoms with van der Waals surface area (Å²) in [5, 5.41) is 23.2. The highest BCUT2D eigenvalue weighted by molar-refractivity contribution is 5.76. The number of allylic oxidation sites excluding steroid dienone is 5. The highest BCUT2D eigenvalue weighted by atomic mass is 16.5. The summed E-state index contributed by atoms with van der Waals surface area (Å²) in [7, 11) is 0. The number of carbonyl (C=O) groups is 2. The Morgan fingerprint density at radius 3 is 1.07 bits per heavy atom. The lowest BCUT2D eigenvalue weighted by atomic mass is 10.0. The summed E-state index contributed by atoms with van der Waals surface area (Å²) >= 11 is 0. The number of aliphatic hydroxyl groups excluding tert-OH is 2. The third-order valence-corrected chi connectivity index (χ3v) is 14.2. The Balaban J connectivity index is 3.51. The van der Waals surface area contributed by atoms with Crippen LogP contribution in [0.1, 0.15) is 328 Å². The van der Waals surface area contributed by atoms with Crippen molar-refractivity contribution in [3.63, 3.8) is 0 Å². The molecule has 0 aliphatic heterocycles. The maximum absolute atomic E-state index is 12.5. The van der Waals surface area contributed by atoms with Gasteiger partial charge in [-0.2, -0.15) is 0 Å². The molecule has 69 heavy (non-hydrogen) atoms. The first-order chi connectivity index (χ1) is 34.0. The van der Waals surface area contributed by atoms with E-state index >= 15 is 0 Å². The molecule has 3 N–H and O–H groups in total. The zero-order valence-corrected chi connectivity index (χ0v) is 46.3. The van der Waals surface area contributed by atoms with Crippen LogP contribution in [0.25, 0.3) is 0 Å². The number of hydrogen-bond acceptors (Lipinski definition) is 5. The molecule has 0 saturated heterocycles. The van der Waals surface area contributed by atoms with Crippen molar-refractivity contribution in [3.8, 4) is 0 Å². The molecule has 0 aliphatic carbocycles. The lowest BCUT2D eigenvalue weighted by molar-refractivity contribution is -0.143. The second-order valence-corrected chi connectivity index (χ2v) is 21.1. The Morgan fingerprint density at radius 1 is 0.406 bits per heavy atom. The van der Waals surface area contributed by atoms with Gasteiger partial charge in [-0.05, 0) is 64.2 Å². The number of aliphatic hydroxyl groups is 2. The van der Waals surface area contributed by atoms with Crippen LogP contribution in [-0.4, -0.2) is 47.4 Å². The van der Waals surface area contributed by atoms with Gasteiger partial charge in [0, 0.05) is 12.8 Å². The van der Waals surface area contributed by atoms with E-state index in [2.05, 4.69) is 43.5 Å². The maximum Gasteiger partial charge on any atom is 0.305 e. The SMILES string of the molecule is CCCCCCCCCCCCCCCCCCCC/C=C/C(O)C(CO)NC(=O)CCCCCCCCCCCC/C=C\C=C/CCCCCOC(=O)CCCCCCCCCCCCCCC. The van der Waals surface area contributed by atoms with Crippen molar-refractivity contribution in [2.45, 2.75) is 341 Å². The van der Waals surface area contributed by atoms with Crippen LogP contribution in [0.2, 0.25) is 0 Å². The number of carbonyl (C=O) groups excluding carboxylic acids is 2. The Kier molecular flexibility index (Phi) is 57.0. The Labute approximate surface area is 430 Å². The molecule has 0 saturated carbocycles. The fourth-order valence-corrected chi connectivity index (χ4v) is 9.45. The van der Waals surface area contributed by atoms with Crippen LogP contribution in [-0.2, 0) is 14.3 Å². The molecule has 0 aliphatic rings. The lowest BCUT2D eigenvalue weighted by Crippen LogP contribution is -2.45. The van der Waals surface area contributed by atoms with Gasteiger partial charge in [-0.25, -0.2) is 0 Å². The van der Waals surface area contributed by atoms with Crippen LogP contribution >= 0.6 is 0 Å². The zero-order chi connectivity index (χ0) is 50.0. The molecule has 0 heterocycles. The molecule has 2 atom stereocenters. The third-order valence-electron chi connectivity index (χ3n) is 14.2. The van der Waals surface area contributed by atoms with E-state index in [9.17, 15) is 19.8 Å².